The van der Waals surface area contributed by atoms with Gasteiger partial charge in [0.05, 0.1) is 22.3 Å². The van der Waals surface area contributed by atoms with Crippen molar-refractivity contribution in [3.63, 3.8) is 0 Å². The van der Waals surface area contributed by atoms with Crippen molar-refractivity contribution in [1.82, 2.24) is 4.98 Å². The third kappa shape index (κ3) is 3.03. The number of thiazole rings is 1. The first-order valence-corrected chi connectivity index (χ1v) is 7.44. The van der Waals surface area contributed by atoms with E-state index in [2.05, 4.69) is 38.9 Å². The molecule has 0 aliphatic heterocycles. The predicted octanol–water partition coefficient (Wildman–Crippen LogP) is 4.05. The minimum absolute atomic E-state index is 0.833. The molecule has 1 aromatic carbocycles. The number of halogens is 1. The molecule has 0 N–H and O–H groups in total. The Balaban J connectivity index is 2.29. The van der Waals surface area contributed by atoms with Gasteiger partial charge >= 0.3 is 0 Å². The van der Waals surface area contributed by atoms with Crippen molar-refractivity contribution in [2.45, 2.75) is 6.42 Å². The highest BCUT2D eigenvalue weighted by atomic mass is 79.9. The summed E-state index contributed by atoms with van der Waals surface area (Å²) in [6.45, 7) is 0. The Morgan fingerprint density at radius 1 is 1.47 bits per heavy atom. The van der Waals surface area contributed by atoms with Crippen LogP contribution in [0.1, 0.15) is 5.01 Å². The standard InChI is InChI=1S/C12H12BrNOS2/c1-15-11-3-2-8(6-9(11)13)10-7-17-12(14-10)4-5-16/h2-3,6-7,16H,4-5H2,1H3. The zero-order valence-electron chi connectivity index (χ0n) is 9.31. The van der Waals surface area contributed by atoms with Gasteiger partial charge in [-0.05, 0) is 39.9 Å². The second-order valence-electron chi connectivity index (χ2n) is 3.45. The van der Waals surface area contributed by atoms with Gasteiger partial charge in [0, 0.05) is 17.4 Å². The maximum absolute atomic E-state index is 5.20. The number of aryl methyl sites for hydroxylation is 1. The molecule has 0 saturated carbocycles. The number of hydrogen-bond donors (Lipinski definition) is 1. The quantitative estimate of drug-likeness (QED) is 0.854. The highest BCUT2D eigenvalue weighted by Crippen LogP contribution is 2.31. The number of thiol groups is 1. The van der Waals surface area contributed by atoms with Crippen molar-refractivity contribution in [3.05, 3.63) is 33.1 Å². The minimum atomic E-state index is 0.833. The van der Waals surface area contributed by atoms with E-state index in [0.29, 0.717) is 0 Å². The summed E-state index contributed by atoms with van der Waals surface area (Å²) in [6, 6.07) is 5.98. The van der Waals surface area contributed by atoms with E-state index in [4.69, 9.17) is 4.74 Å². The van der Waals surface area contributed by atoms with E-state index in [-0.39, 0.29) is 0 Å². The van der Waals surface area contributed by atoms with Crippen LogP contribution in [-0.4, -0.2) is 17.8 Å². The SMILES string of the molecule is COc1ccc(-c2csc(CCS)n2)cc1Br. The summed E-state index contributed by atoms with van der Waals surface area (Å²) >= 11 is 9.37. The average Bonchev–Trinajstić information content (AvgIpc) is 2.78. The average molecular weight is 330 g/mol. The van der Waals surface area contributed by atoms with Crippen molar-refractivity contribution in [3.8, 4) is 17.0 Å². The molecule has 2 nitrogen and oxygen atoms in total. The van der Waals surface area contributed by atoms with E-state index in [1.165, 1.54) is 0 Å². The molecule has 0 aliphatic rings. The van der Waals surface area contributed by atoms with E-state index in [1.54, 1.807) is 18.4 Å². The lowest BCUT2D eigenvalue weighted by Crippen LogP contribution is -1.87. The Kier molecular flexibility index (Phi) is 4.48. The lowest BCUT2D eigenvalue weighted by molar-refractivity contribution is 0.412. The van der Waals surface area contributed by atoms with Crippen molar-refractivity contribution >= 4 is 39.9 Å². The molecule has 0 aliphatic carbocycles. The zero-order chi connectivity index (χ0) is 12.3. The van der Waals surface area contributed by atoms with Gasteiger partial charge in [-0.25, -0.2) is 4.98 Å². The van der Waals surface area contributed by atoms with E-state index in [9.17, 15) is 0 Å². The number of nitrogens with zero attached hydrogens (tertiary/aromatic N) is 1. The van der Waals surface area contributed by atoms with Crippen molar-refractivity contribution in [2.75, 3.05) is 12.9 Å². The molecule has 5 heteroatoms. The van der Waals surface area contributed by atoms with Gasteiger partial charge in [0.15, 0.2) is 0 Å². The first-order valence-electron chi connectivity index (χ1n) is 5.13. The zero-order valence-corrected chi connectivity index (χ0v) is 12.6. The van der Waals surface area contributed by atoms with Gasteiger partial charge in [0.1, 0.15) is 5.75 Å². The number of hydrogen-bond acceptors (Lipinski definition) is 4. The van der Waals surface area contributed by atoms with Crippen LogP contribution in [0.2, 0.25) is 0 Å². The summed E-state index contributed by atoms with van der Waals surface area (Å²) in [4.78, 5) is 4.57. The van der Waals surface area contributed by atoms with E-state index in [1.807, 2.05) is 18.2 Å². The van der Waals surface area contributed by atoms with Crippen LogP contribution in [0.4, 0.5) is 0 Å². The smallest absolute Gasteiger partial charge is 0.133 e. The van der Waals surface area contributed by atoms with Crippen LogP contribution in [0.15, 0.2) is 28.1 Å². The Bertz CT molecular complexity index is 513. The summed E-state index contributed by atoms with van der Waals surface area (Å²) in [5, 5.41) is 3.20. The van der Waals surface area contributed by atoms with Crippen LogP contribution in [0.25, 0.3) is 11.3 Å². The maximum atomic E-state index is 5.20. The van der Waals surface area contributed by atoms with Crippen LogP contribution in [-0.2, 0) is 6.42 Å². The van der Waals surface area contributed by atoms with Gasteiger partial charge in [0.25, 0.3) is 0 Å². The largest absolute Gasteiger partial charge is 0.496 e. The normalized spacial score (nSPS) is 10.5. The number of rotatable bonds is 4. The Morgan fingerprint density at radius 3 is 2.94 bits per heavy atom. The van der Waals surface area contributed by atoms with Crippen molar-refractivity contribution in [2.24, 2.45) is 0 Å². The van der Waals surface area contributed by atoms with Gasteiger partial charge in [-0.3, -0.25) is 0 Å². The topological polar surface area (TPSA) is 22.1 Å². The number of aromatic nitrogens is 1. The second kappa shape index (κ2) is 5.89. The van der Waals surface area contributed by atoms with Crippen molar-refractivity contribution in [1.29, 1.82) is 0 Å². The molecule has 0 bridgehead atoms. The molecule has 2 rings (SSSR count). The molecule has 2 aromatic rings. The number of benzene rings is 1. The van der Waals surface area contributed by atoms with Crippen LogP contribution in [0, 0.1) is 0 Å². The molecular formula is C12H12BrNOS2. The molecule has 1 aromatic heterocycles. The molecular weight excluding hydrogens is 318 g/mol. The van der Waals surface area contributed by atoms with Gasteiger partial charge < -0.3 is 4.74 Å². The van der Waals surface area contributed by atoms with Crippen LogP contribution >= 0.6 is 39.9 Å². The van der Waals surface area contributed by atoms with E-state index < -0.39 is 0 Å². The van der Waals surface area contributed by atoms with Gasteiger partial charge in [0.2, 0.25) is 0 Å². The number of methoxy groups -OCH3 is 1. The molecule has 0 spiro atoms. The summed E-state index contributed by atoms with van der Waals surface area (Å²) in [5.74, 6) is 1.67. The fraction of sp³-hybridized carbons (Fsp3) is 0.250. The molecule has 0 fully saturated rings. The third-order valence-electron chi connectivity index (χ3n) is 2.32. The monoisotopic (exact) mass is 329 g/mol. The van der Waals surface area contributed by atoms with E-state index in [0.717, 1.165) is 38.7 Å². The summed E-state index contributed by atoms with van der Waals surface area (Å²) in [7, 11) is 1.66. The Labute approximate surface area is 119 Å². The van der Waals surface area contributed by atoms with E-state index >= 15 is 0 Å². The second-order valence-corrected chi connectivity index (χ2v) is 5.69. The minimum Gasteiger partial charge on any atom is -0.496 e. The Hall–Kier alpha value is -0.520. The first-order chi connectivity index (χ1) is 8.24. The molecule has 0 atom stereocenters. The third-order valence-corrected chi connectivity index (χ3v) is 4.08. The molecule has 0 amide bonds. The summed E-state index contributed by atoms with van der Waals surface area (Å²) < 4.78 is 6.15. The Morgan fingerprint density at radius 2 is 2.29 bits per heavy atom. The molecule has 0 saturated heterocycles. The molecule has 90 valence electrons. The van der Waals surface area contributed by atoms with Gasteiger partial charge in [-0.1, -0.05) is 0 Å². The van der Waals surface area contributed by atoms with Crippen LogP contribution < -0.4 is 4.74 Å². The lowest BCUT2D eigenvalue weighted by Gasteiger charge is -2.04. The lowest BCUT2D eigenvalue weighted by atomic mass is 10.2. The highest BCUT2D eigenvalue weighted by Gasteiger charge is 2.07. The van der Waals surface area contributed by atoms with Crippen LogP contribution in [0.3, 0.4) is 0 Å². The van der Waals surface area contributed by atoms with Crippen molar-refractivity contribution < 1.29 is 4.74 Å². The van der Waals surface area contributed by atoms with Gasteiger partial charge in [-0.2, -0.15) is 12.6 Å². The molecule has 0 unspecified atom stereocenters. The highest BCUT2D eigenvalue weighted by molar-refractivity contribution is 9.10. The summed E-state index contributed by atoms with van der Waals surface area (Å²) in [6.07, 6.45) is 0.922. The number of ether oxygens (including phenoxy) is 1. The first kappa shape index (κ1) is 12.9. The molecule has 17 heavy (non-hydrogen) atoms. The predicted molar refractivity (Wildman–Crippen MR) is 79.4 cm³/mol. The summed E-state index contributed by atoms with van der Waals surface area (Å²) in [5.41, 5.74) is 2.11. The molecule has 0 radical (unpaired) electrons. The maximum Gasteiger partial charge on any atom is 0.133 e. The fourth-order valence-corrected chi connectivity index (χ4v) is 3.19. The fourth-order valence-electron chi connectivity index (χ4n) is 1.48. The molecule has 1 heterocycles. The van der Waals surface area contributed by atoms with Gasteiger partial charge in [-0.15, -0.1) is 11.3 Å². The van der Waals surface area contributed by atoms with Crippen LogP contribution in [0.5, 0.6) is 5.75 Å².